The number of benzene rings is 1. The lowest BCUT2D eigenvalue weighted by Crippen LogP contribution is -2.54. The fourth-order valence-electron chi connectivity index (χ4n) is 5.38. The Kier molecular flexibility index (Phi) is 8.46. The molecule has 1 aliphatic carbocycles. The highest BCUT2D eigenvalue weighted by molar-refractivity contribution is 6.31. The number of carbonyl (C=O) groups excluding carboxylic acids is 1. The van der Waals surface area contributed by atoms with E-state index >= 15 is 0 Å². The second-order valence-electron chi connectivity index (χ2n) is 11.6. The summed E-state index contributed by atoms with van der Waals surface area (Å²) in [5, 5.41) is 16.8. The van der Waals surface area contributed by atoms with Crippen LogP contribution >= 0.6 is 11.6 Å². The smallest absolute Gasteiger partial charge is 0.275 e. The van der Waals surface area contributed by atoms with Crippen LogP contribution in [0.5, 0.6) is 0 Å². The summed E-state index contributed by atoms with van der Waals surface area (Å²) in [6.45, 7) is 4.28. The molecule has 45 heavy (non-hydrogen) atoms. The Morgan fingerprint density at radius 3 is 2.62 bits per heavy atom. The zero-order valence-electron chi connectivity index (χ0n) is 24.5. The normalized spacial score (nSPS) is 17.8. The summed E-state index contributed by atoms with van der Waals surface area (Å²) in [7, 11) is 2.03. The molecule has 236 valence electrons. The highest BCUT2D eigenvalue weighted by Crippen LogP contribution is 2.37. The second kappa shape index (κ2) is 12.3. The topological polar surface area (TPSA) is 125 Å². The summed E-state index contributed by atoms with van der Waals surface area (Å²) < 4.78 is 43.5. The van der Waals surface area contributed by atoms with Crippen LogP contribution in [0.3, 0.4) is 0 Å². The lowest BCUT2D eigenvalue weighted by atomic mass is 10.0. The number of hydrogen-bond donors (Lipinski definition) is 2. The molecule has 3 aromatic heterocycles. The van der Waals surface area contributed by atoms with E-state index in [4.69, 9.17) is 11.6 Å². The molecular weight excluding hydrogens is 611 g/mol. The predicted molar refractivity (Wildman–Crippen MR) is 161 cm³/mol. The van der Waals surface area contributed by atoms with Crippen molar-refractivity contribution < 1.29 is 23.1 Å². The van der Waals surface area contributed by atoms with Gasteiger partial charge in [-0.2, -0.15) is 5.10 Å². The van der Waals surface area contributed by atoms with Crippen LogP contribution in [0.25, 0.3) is 11.3 Å². The molecule has 2 N–H and O–H groups in total. The highest BCUT2D eigenvalue weighted by atomic mass is 35.5. The van der Waals surface area contributed by atoms with E-state index in [-0.39, 0.29) is 22.5 Å². The molecule has 1 saturated carbocycles. The number of carbonyl (C=O) groups is 1. The van der Waals surface area contributed by atoms with E-state index in [0.29, 0.717) is 24.2 Å². The Balaban J connectivity index is 1.09. The van der Waals surface area contributed by atoms with Crippen molar-refractivity contribution in [3.05, 3.63) is 77.0 Å². The van der Waals surface area contributed by atoms with Gasteiger partial charge in [0.2, 0.25) is 5.95 Å². The molecule has 0 radical (unpaired) electrons. The minimum atomic E-state index is -2.99. The number of alkyl halides is 2. The zero-order valence-corrected chi connectivity index (χ0v) is 25.3. The summed E-state index contributed by atoms with van der Waals surface area (Å²) in [4.78, 5) is 34.4. The van der Waals surface area contributed by atoms with Crippen molar-refractivity contribution in [3.63, 3.8) is 0 Å². The van der Waals surface area contributed by atoms with Gasteiger partial charge in [0.25, 0.3) is 12.3 Å². The molecule has 6 rings (SSSR count). The van der Waals surface area contributed by atoms with E-state index in [2.05, 4.69) is 40.2 Å². The lowest BCUT2D eigenvalue weighted by Gasteiger charge is -2.43. The molecule has 4 aromatic rings. The van der Waals surface area contributed by atoms with Gasteiger partial charge in [0.15, 0.2) is 5.82 Å². The standard InChI is InChI=1S/C30H31ClF3N9O2/c1-17(18-9-36-29(37-10-18)42-8-5-20(42)15-41(2)16-30(45)6-7-30)43-14-19(11-38-43)39-28(44)24-13-35-12-23(40-24)25-21(27(33)34)3-4-22(31)26(25)32/h3-4,9-14,17,20,27,45H,5-8,15-16H2,1-2H3,(H,39,44)/t17?,20-/m0/s1. The first-order valence-electron chi connectivity index (χ1n) is 14.4. The summed E-state index contributed by atoms with van der Waals surface area (Å²) in [6.07, 6.45) is 8.58. The molecule has 4 heterocycles. The maximum absolute atomic E-state index is 14.7. The van der Waals surface area contributed by atoms with Crippen molar-refractivity contribution in [3.8, 4) is 11.3 Å². The molecule has 2 fully saturated rings. The van der Waals surface area contributed by atoms with Crippen molar-refractivity contribution in [2.75, 3.05) is 36.9 Å². The van der Waals surface area contributed by atoms with Crippen LogP contribution < -0.4 is 10.2 Å². The lowest BCUT2D eigenvalue weighted by molar-refractivity contribution is 0.0976. The average Bonchev–Trinajstić information content (AvgIpc) is 3.54. The summed E-state index contributed by atoms with van der Waals surface area (Å²) >= 11 is 5.82. The third-order valence-electron chi connectivity index (χ3n) is 8.20. The molecule has 1 saturated heterocycles. The Labute approximate surface area is 262 Å². The average molecular weight is 642 g/mol. The minimum absolute atomic E-state index is 0.212. The molecule has 15 heteroatoms. The number of nitrogens with one attached hydrogen (secondary N) is 1. The maximum Gasteiger partial charge on any atom is 0.275 e. The fraction of sp³-hybridized carbons (Fsp3) is 0.400. The van der Waals surface area contributed by atoms with Gasteiger partial charge >= 0.3 is 0 Å². The quantitative estimate of drug-likeness (QED) is 0.239. The molecular formula is C30H31ClF3N9O2. The molecule has 1 amide bonds. The fourth-order valence-corrected chi connectivity index (χ4v) is 5.54. The number of anilines is 2. The Bertz CT molecular complexity index is 1700. The molecule has 1 aromatic carbocycles. The van der Waals surface area contributed by atoms with E-state index in [1.165, 1.54) is 6.20 Å². The van der Waals surface area contributed by atoms with E-state index in [9.17, 15) is 23.1 Å². The number of halogens is 4. The van der Waals surface area contributed by atoms with Gasteiger partial charge in [-0.3, -0.25) is 14.5 Å². The zero-order chi connectivity index (χ0) is 31.9. The molecule has 1 aliphatic heterocycles. The van der Waals surface area contributed by atoms with Crippen LogP contribution in [0.1, 0.15) is 60.3 Å². The number of aliphatic hydroxyl groups is 1. The van der Waals surface area contributed by atoms with Crippen LogP contribution in [-0.4, -0.2) is 84.0 Å². The van der Waals surface area contributed by atoms with Gasteiger partial charge in [-0.15, -0.1) is 0 Å². The van der Waals surface area contributed by atoms with Crippen LogP contribution in [0, 0.1) is 5.82 Å². The largest absolute Gasteiger partial charge is 0.389 e. The summed E-state index contributed by atoms with van der Waals surface area (Å²) in [5.41, 5.74) is -0.955. The highest BCUT2D eigenvalue weighted by Gasteiger charge is 2.42. The van der Waals surface area contributed by atoms with Gasteiger partial charge in [-0.25, -0.2) is 28.1 Å². The monoisotopic (exact) mass is 641 g/mol. The minimum Gasteiger partial charge on any atom is -0.389 e. The van der Waals surface area contributed by atoms with E-state index in [1.54, 1.807) is 23.3 Å². The van der Waals surface area contributed by atoms with Crippen molar-refractivity contribution in [2.24, 2.45) is 0 Å². The number of nitrogens with zero attached hydrogens (tertiary/aromatic N) is 8. The predicted octanol–water partition coefficient (Wildman–Crippen LogP) is 4.76. The number of hydrogen-bond acceptors (Lipinski definition) is 9. The Hall–Kier alpha value is -4.14. The van der Waals surface area contributed by atoms with Gasteiger partial charge in [-0.05, 0) is 39.3 Å². The van der Waals surface area contributed by atoms with Gasteiger partial charge in [0.05, 0.1) is 46.6 Å². The van der Waals surface area contributed by atoms with Crippen molar-refractivity contribution >= 4 is 29.1 Å². The summed E-state index contributed by atoms with van der Waals surface area (Å²) in [5.74, 6) is -1.11. The van der Waals surface area contributed by atoms with Crippen molar-refractivity contribution in [2.45, 2.75) is 50.3 Å². The van der Waals surface area contributed by atoms with E-state index in [1.807, 2.05) is 14.0 Å². The first kappa shape index (κ1) is 30.9. The maximum atomic E-state index is 14.7. The van der Waals surface area contributed by atoms with Gasteiger partial charge in [0.1, 0.15) is 5.69 Å². The number of amides is 1. The van der Waals surface area contributed by atoms with Gasteiger partial charge < -0.3 is 20.2 Å². The van der Waals surface area contributed by atoms with Crippen molar-refractivity contribution in [1.29, 1.82) is 0 Å². The van der Waals surface area contributed by atoms with E-state index < -0.39 is 34.9 Å². The molecule has 2 atom stereocenters. The second-order valence-corrected chi connectivity index (χ2v) is 12.0. The van der Waals surface area contributed by atoms with E-state index in [0.717, 1.165) is 62.4 Å². The van der Waals surface area contributed by atoms with Gasteiger partial charge in [-0.1, -0.05) is 17.7 Å². The molecule has 1 unspecified atom stereocenters. The van der Waals surface area contributed by atoms with Crippen LogP contribution in [0.15, 0.2) is 49.3 Å². The van der Waals surface area contributed by atoms with Gasteiger partial charge in [0, 0.05) is 61.0 Å². The van der Waals surface area contributed by atoms with Crippen LogP contribution in [0.4, 0.5) is 24.8 Å². The summed E-state index contributed by atoms with van der Waals surface area (Å²) in [6, 6.07) is 2.08. The third kappa shape index (κ3) is 6.63. The number of aromatic nitrogens is 6. The Morgan fingerprint density at radius 2 is 1.96 bits per heavy atom. The van der Waals surface area contributed by atoms with Crippen LogP contribution in [-0.2, 0) is 0 Å². The molecule has 0 spiro atoms. The van der Waals surface area contributed by atoms with Crippen LogP contribution in [0.2, 0.25) is 5.02 Å². The number of rotatable bonds is 11. The number of likely N-dealkylation sites (N-methyl/N-ethyl adjacent to an activating group) is 1. The SMILES string of the molecule is CC(c1cnc(N2CC[C@H]2CN(C)CC2(O)CC2)nc1)n1cc(NC(=O)c2cncc(-c3c(C(F)F)ccc(Cl)c3F)n2)cn1. The molecule has 0 bridgehead atoms. The molecule has 11 nitrogen and oxygen atoms in total. The first-order chi connectivity index (χ1) is 21.5. The third-order valence-corrected chi connectivity index (χ3v) is 8.49. The van der Waals surface area contributed by atoms with Crippen molar-refractivity contribution in [1.82, 2.24) is 34.6 Å². The first-order valence-corrected chi connectivity index (χ1v) is 14.8. The Morgan fingerprint density at radius 1 is 1.20 bits per heavy atom. The molecule has 2 aliphatic rings.